The van der Waals surface area contributed by atoms with Gasteiger partial charge in [0.1, 0.15) is 0 Å². The summed E-state index contributed by atoms with van der Waals surface area (Å²) < 4.78 is 0.980. The first kappa shape index (κ1) is 16.5. The van der Waals surface area contributed by atoms with Crippen molar-refractivity contribution in [2.75, 3.05) is 13.1 Å². The van der Waals surface area contributed by atoms with Crippen LogP contribution < -0.4 is 5.32 Å². The Kier molecular flexibility index (Phi) is 7.08. The molecular formula is C14H19BrN2O3. The largest absolute Gasteiger partial charge is 0.481 e. The van der Waals surface area contributed by atoms with Crippen LogP contribution in [0.1, 0.15) is 25.3 Å². The number of carbonyl (C=O) groups is 2. The Bertz CT molecular complexity index is 465. The van der Waals surface area contributed by atoms with Gasteiger partial charge in [-0.1, -0.05) is 28.1 Å². The molecule has 0 aliphatic heterocycles. The molecule has 0 aliphatic rings. The third-order valence-corrected chi connectivity index (χ3v) is 3.27. The van der Waals surface area contributed by atoms with E-state index in [0.29, 0.717) is 26.1 Å². The molecule has 20 heavy (non-hydrogen) atoms. The van der Waals surface area contributed by atoms with E-state index in [1.165, 1.54) is 0 Å². The second-order valence-electron chi connectivity index (χ2n) is 4.37. The van der Waals surface area contributed by atoms with Crippen LogP contribution in [0.25, 0.3) is 0 Å². The van der Waals surface area contributed by atoms with E-state index in [0.717, 1.165) is 10.0 Å². The smallest absolute Gasteiger partial charge is 0.317 e. The molecule has 0 saturated carbocycles. The van der Waals surface area contributed by atoms with Crippen LogP contribution in [-0.4, -0.2) is 35.1 Å². The molecule has 6 heteroatoms. The Balaban J connectivity index is 2.44. The summed E-state index contributed by atoms with van der Waals surface area (Å²) in [5.41, 5.74) is 1.04. The van der Waals surface area contributed by atoms with Gasteiger partial charge in [-0.25, -0.2) is 4.79 Å². The summed E-state index contributed by atoms with van der Waals surface area (Å²) in [6, 6.07) is 7.63. The molecule has 0 fully saturated rings. The minimum Gasteiger partial charge on any atom is -0.481 e. The molecule has 1 aromatic carbocycles. The zero-order chi connectivity index (χ0) is 15.0. The van der Waals surface area contributed by atoms with E-state index in [-0.39, 0.29) is 12.5 Å². The Hall–Kier alpha value is -1.56. The van der Waals surface area contributed by atoms with Crippen molar-refractivity contribution < 1.29 is 14.7 Å². The van der Waals surface area contributed by atoms with Crippen LogP contribution in [0.15, 0.2) is 28.7 Å². The molecule has 0 heterocycles. The summed E-state index contributed by atoms with van der Waals surface area (Å²) in [5, 5.41) is 11.3. The highest BCUT2D eigenvalue weighted by molar-refractivity contribution is 9.10. The van der Waals surface area contributed by atoms with Crippen LogP contribution in [0.4, 0.5) is 4.79 Å². The lowest BCUT2D eigenvalue weighted by Crippen LogP contribution is -2.39. The van der Waals surface area contributed by atoms with Crippen molar-refractivity contribution in [2.45, 2.75) is 26.3 Å². The molecule has 0 atom stereocenters. The maximum atomic E-state index is 12.0. The summed E-state index contributed by atoms with van der Waals surface area (Å²) >= 11 is 3.40. The van der Waals surface area contributed by atoms with Crippen LogP contribution in [-0.2, 0) is 11.3 Å². The van der Waals surface area contributed by atoms with E-state index in [1.54, 1.807) is 4.90 Å². The number of carboxylic acid groups (broad SMARTS) is 1. The van der Waals surface area contributed by atoms with Gasteiger partial charge in [0.2, 0.25) is 0 Å². The number of rotatable bonds is 7. The molecule has 0 spiro atoms. The monoisotopic (exact) mass is 342 g/mol. The van der Waals surface area contributed by atoms with Crippen molar-refractivity contribution in [3.63, 3.8) is 0 Å². The number of nitrogens with zero attached hydrogens (tertiary/aromatic N) is 1. The fourth-order valence-electron chi connectivity index (χ4n) is 1.73. The Morgan fingerprint density at radius 1 is 1.40 bits per heavy atom. The number of carboxylic acids is 1. The van der Waals surface area contributed by atoms with Gasteiger partial charge in [-0.3, -0.25) is 4.79 Å². The molecule has 2 amide bonds. The van der Waals surface area contributed by atoms with Crippen molar-refractivity contribution in [2.24, 2.45) is 0 Å². The average Bonchev–Trinajstić information content (AvgIpc) is 2.40. The number of halogens is 1. The summed E-state index contributed by atoms with van der Waals surface area (Å²) in [6.45, 7) is 3.41. The molecule has 0 aliphatic carbocycles. The lowest BCUT2D eigenvalue weighted by atomic mass is 10.2. The van der Waals surface area contributed by atoms with Gasteiger partial charge in [0.05, 0.1) is 0 Å². The topological polar surface area (TPSA) is 69.6 Å². The van der Waals surface area contributed by atoms with Gasteiger partial charge < -0.3 is 15.3 Å². The summed E-state index contributed by atoms with van der Waals surface area (Å²) in [5.74, 6) is -0.847. The molecule has 5 nitrogen and oxygen atoms in total. The quantitative estimate of drug-likeness (QED) is 0.748. The first-order valence-electron chi connectivity index (χ1n) is 6.52. The molecule has 0 bridgehead atoms. The van der Waals surface area contributed by atoms with Gasteiger partial charge in [-0.2, -0.15) is 0 Å². The van der Waals surface area contributed by atoms with Crippen molar-refractivity contribution >= 4 is 27.9 Å². The fourth-order valence-corrected chi connectivity index (χ4v) is 2.18. The Labute approximate surface area is 127 Å². The van der Waals surface area contributed by atoms with Gasteiger partial charge in [-0.15, -0.1) is 0 Å². The molecule has 1 rings (SSSR count). The highest BCUT2D eigenvalue weighted by Gasteiger charge is 2.11. The second-order valence-corrected chi connectivity index (χ2v) is 5.29. The van der Waals surface area contributed by atoms with Crippen LogP contribution in [0.2, 0.25) is 0 Å². The van der Waals surface area contributed by atoms with Crippen LogP contribution in [0.3, 0.4) is 0 Å². The van der Waals surface area contributed by atoms with E-state index in [1.807, 2.05) is 31.2 Å². The van der Waals surface area contributed by atoms with Gasteiger partial charge in [-0.05, 0) is 31.0 Å². The minimum atomic E-state index is -0.847. The maximum absolute atomic E-state index is 12.0. The first-order chi connectivity index (χ1) is 9.52. The minimum absolute atomic E-state index is 0.0675. The van der Waals surface area contributed by atoms with E-state index < -0.39 is 5.97 Å². The van der Waals surface area contributed by atoms with Gasteiger partial charge in [0.15, 0.2) is 0 Å². The number of urea groups is 1. The van der Waals surface area contributed by atoms with Crippen molar-refractivity contribution in [1.29, 1.82) is 0 Å². The molecule has 1 aromatic rings. The van der Waals surface area contributed by atoms with Crippen molar-refractivity contribution in [3.8, 4) is 0 Å². The number of carbonyl (C=O) groups excluding carboxylic acids is 1. The van der Waals surface area contributed by atoms with Crippen molar-refractivity contribution in [1.82, 2.24) is 10.2 Å². The summed E-state index contributed by atoms with van der Waals surface area (Å²) in [7, 11) is 0. The Morgan fingerprint density at radius 3 is 2.75 bits per heavy atom. The second kappa shape index (κ2) is 8.58. The van der Waals surface area contributed by atoms with Gasteiger partial charge >= 0.3 is 12.0 Å². The van der Waals surface area contributed by atoms with E-state index in [4.69, 9.17) is 5.11 Å². The standard InChI is InChI=1S/C14H19BrN2O3/c1-2-17(10-11-5-3-6-12(15)9-11)14(20)16-8-4-7-13(18)19/h3,5-6,9H,2,4,7-8,10H2,1H3,(H,16,20)(H,18,19). The molecule has 0 saturated heterocycles. The SMILES string of the molecule is CCN(Cc1cccc(Br)c1)C(=O)NCCCC(=O)O. The van der Waals surface area contributed by atoms with Gasteiger partial charge in [0, 0.05) is 30.5 Å². The summed E-state index contributed by atoms with van der Waals surface area (Å²) in [4.78, 5) is 24.0. The van der Waals surface area contributed by atoms with Crippen LogP contribution >= 0.6 is 15.9 Å². The van der Waals surface area contributed by atoms with Crippen molar-refractivity contribution in [3.05, 3.63) is 34.3 Å². The number of aliphatic carboxylic acids is 1. The predicted molar refractivity (Wildman–Crippen MR) is 80.5 cm³/mol. The van der Waals surface area contributed by atoms with E-state index >= 15 is 0 Å². The number of hydrogen-bond acceptors (Lipinski definition) is 2. The number of amides is 2. The molecule has 0 radical (unpaired) electrons. The predicted octanol–water partition coefficient (Wildman–Crippen LogP) is 2.85. The molecule has 2 N–H and O–H groups in total. The first-order valence-corrected chi connectivity index (χ1v) is 7.31. The van der Waals surface area contributed by atoms with E-state index in [2.05, 4.69) is 21.2 Å². The molecule has 0 aromatic heterocycles. The third kappa shape index (κ3) is 6.06. The Morgan fingerprint density at radius 2 is 2.15 bits per heavy atom. The van der Waals surface area contributed by atoms with Gasteiger partial charge in [0.25, 0.3) is 0 Å². The molecule has 110 valence electrons. The van der Waals surface area contributed by atoms with Crippen LogP contribution in [0, 0.1) is 0 Å². The lowest BCUT2D eigenvalue weighted by molar-refractivity contribution is -0.137. The number of nitrogens with one attached hydrogen (secondary N) is 1. The molecule has 0 unspecified atom stereocenters. The highest BCUT2D eigenvalue weighted by Crippen LogP contribution is 2.13. The molecular weight excluding hydrogens is 324 g/mol. The normalized spacial score (nSPS) is 10.1. The maximum Gasteiger partial charge on any atom is 0.317 e. The zero-order valence-corrected chi connectivity index (χ0v) is 13.0. The zero-order valence-electron chi connectivity index (χ0n) is 11.4. The number of hydrogen-bond donors (Lipinski definition) is 2. The summed E-state index contributed by atoms with van der Waals surface area (Å²) in [6.07, 6.45) is 0.507. The fraction of sp³-hybridized carbons (Fsp3) is 0.429. The highest BCUT2D eigenvalue weighted by atomic mass is 79.9. The van der Waals surface area contributed by atoms with Crippen LogP contribution in [0.5, 0.6) is 0 Å². The number of benzene rings is 1. The van der Waals surface area contributed by atoms with E-state index in [9.17, 15) is 9.59 Å². The average molecular weight is 343 g/mol. The third-order valence-electron chi connectivity index (χ3n) is 2.78. The lowest BCUT2D eigenvalue weighted by Gasteiger charge is -2.21.